The largest absolute Gasteiger partial charge is 0.463 e. The zero-order chi connectivity index (χ0) is 20.5. The molecule has 0 spiro atoms. The van der Waals surface area contributed by atoms with Crippen LogP contribution < -0.4 is 0 Å². The summed E-state index contributed by atoms with van der Waals surface area (Å²) in [6, 6.07) is 31.0. The average Bonchev–Trinajstić information content (AvgIpc) is 2.73. The van der Waals surface area contributed by atoms with E-state index in [9.17, 15) is 4.79 Å². The van der Waals surface area contributed by atoms with Gasteiger partial charge in [0.2, 0.25) is 0 Å². The van der Waals surface area contributed by atoms with Crippen molar-refractivity contribution in [2.24, 2.45) is 0 Å². The third kappa shape index (κ3) is 6.58. The summed E-state index contributed by atoms with van der Waals surface area (Å²) in [5.74, 6) is -0.167. The fourth-order valence-corrected chi connectivity index (χ4v) is 3.51. The van der Waals surface area contributed by atoms with Gasteiger partial charge in [0.15, 0.2) is 0 Å². The molecule has 3 rings (SSSR count). The number of hydrogen-bond donors (Lipinski definition) is 0. The van der Waals surface area contributed by atoms with Crippen molar-refractivity contribution in [1.82, 2.24) is 4.90 Å². The van der Waals surface area contributed by atoms with Crippen LogP contribution in [0.4, 0.5) is 0 Å². The van der Waals surface area contributed by atoms with Crippen LogP contribution >= 0.6 is 0 Å². The van der Waals surface area contributed by atoms with Gasteiger partial charge in [0.25, 0.3) is 0 Å². The minimum atomic E-state index is -0.167. The Morgan fingerprint density at radius 2 is 1.21 bits per heavy atom. The smallest absolute Gasteiger partial charge is 0.307 e. The highest BCUT2D eigenvalue weighted by atomic mass is 16.5. The Balaban J connectivity index is 1.92. The van der Waals surface area contributed by atoms with Crippen LogP contribution in [0.1, 0.15) is 43.0 Å². The van der Waals surface area contributed by atoms with Gasteiger partial charge in [0.05, 0.1) is 12.5 Å². The predicted octanol–water partition coefficient (Wildman–Crippen LogP) is 5.77. The Kier molecular flexibility index (Phi) is 7.60. The highest BCUT2D eigenvalue weighted by molar-refractivity contribution is 5.70. The van der Waals surface area contributed by atoms with Crippen LogP contribution in [-0.2, 0) is 22.6 Å². The van der Waals surface area contributed by atoms with Gasteiger partial charge in [-0.25, -0.2) is 0 Å². The summed E-state index contributed by atoms with van der Waals surface area (Å²) in [5, 5.41) is 0. The molecule has 0 amide bonds. The maximum absolute atomic E-state index is 12.6. The molecule has 0 saturated carbocycles. The summed E-state index contributed by atoms with van der Waals surface area (Å²) in [4.78, 5) is 15.0. The van der Waals surface area contributed by atoms with Gasteiger partial charge in [0.1, 0.15) is 0 Å². The first kappa shape index (κ1) is 20.8. The van der Waals surface area contributed by atoms with Crippen molar-refractivity contribution in [1.29, 1.82) is 0 Å². The summed E-state index contributed by atoms with van der Waals surface area (Å²) >= 11 is 0. The van der Waals surface area contributed by atoms with E-state index in [1.54, 1.807) is 0 Å². The predicted molar refractivity (Wildman–Crippen MR) is 117 cm³/mol. The summed E-state index contributed by atoms with van der Waals surface area (Å²) in [5.41, 5.74) is 3.57. The normalized spacial score (nSPS) is 12.1. The monoisotopic (exact) mass is 387 g/mol. The second-order valence-corrected chi connectivity index (χ2v) is 7.55. The topological polar surface area (TPSA) is 29.5 Å². The van der Waals surface area contributed by atoms with Gasteiger partial charge >= 0.3 is 5.97 Å². The summed E-state index contributed by atoms with van der Waals surface area (Å²) in [6.07, 6.45) is 0.206. The van der Waals surface area contributed by atoms with Crippen molar-refractivity contribution < 1.29 is 9.53 Å². The number of esters is 1. The summed E-state index contributed by atoms with van der Waals surface area (Å²) in [6.45, 7) is 5.29. The molecule has 0 aliphatic rings. The molecule has 0 bridgehead atoms. The molecule has 3 heteroatoms. The first-order valence-electron chi connectivity index (χ1n) is 10.2. The zero-order valence-corrected chi connectivity index (χ0v) is 17.2. The lowest BCUT2D eigenvalue weighted by molar-refractivity contribution is -0.149. The van der Waals surface area contributed by atoms with Gasteiger partial charge < -0.3 is 4.74 Å². The Bertz CT molecular complexity index is 821. The number of ether oxygens (including phenoxy) is 1. The van der Waals surface area contributed by atoms with Crippen LogP contribution in [0.25, 0.3) is 0 Å². The summed E-state index contributed by atoms with van der Waals surface area (Å²) in [7, 11) is 0. The molecule has 0 aliphatic heterocycles. The molecule has 0 aromatic heterocycles. The van der Waals surface area contributed by atoms with Crippen LogP contribution in [0.5, 0.6) is 0 Å². The lowest BCUT2D eigenvalue weighted by Gasteiger charge is -2.32. The minimum absolute atomic E-state index is 0.0668. The Morgan fingerprint density at radius 3 is 1.66 bits per heavy atom. The molecule has 0 heterocycles. The molecule has 150 valence electrons. The van der Waals surface area contributed by atoms with E-state index in [-0.39, 0.29) is 18.1 Å². The Morgan fingerprint density at radius 1 is 0.759 bits per heavy atom. The van der Waals surface area contributed by atoms with Crippen molar-refractivity contribution in [3.05, 3.63) is 108 Å². The van der Waals surface area contributed by atoms with E-state index in [0.29, 0.717) is 6.42 Å². The van der Waals surface area contributed by atoms with Crippen molar-refractivity contribution >= 4 is 5.97 Å². The van der Waals surface area contributed by atoms with Crippen molar-refractivity contribution in [2.75, 3.05) is 0 Å². The molecule has 0 saturated heterocycles. The lowest BCUT2D eigenvalue weighted by atomic mass is 10.00. The zero-order valence-electron chi connectivity index (χ0n) is 17.2. The standard InChI is InChI=1S/C26H29NO2/c1-21(2)29-26(28)18-25(24-16-10-5-11-17-24)27(19-22-12-6-3-7-13-22)20-23-14-8-4-9-15-23/h3-17,21,25H,18-20H2,1-2H3. The van der Waals surface area contributed by atoms with Gasteiger partial charge in [-0.05, 0) is 30.5 Å². The van der Waals surface area contributed by atoms with Crippen molar-refractivity contribution in [3.63, 3.8) is 0 Å². The molecule has 29 heavy (non-hydrogen) atoms. The number of carbonyl (C=O) groups excluding carboxylic acids is 1. The first-order chi connectivity index (χ1) is 14.1. The van der Waals surface area contributed by atoms with E-state index >= 15 is 0 Å². The average molecular weight is 388 g/mol. The van der Waals surface area contributed by atoms with Crippen molar-refractivity contribution in [3.8, 4) is 0 Å². The molecule has 1 unspecified atom stereocenters. The van der Waals surface area contributed by atoms with E-state index in [4.69, 9.17) is 4.74 Å². The fraction of sp³-hybridized carbons (Fsp3) is 0.269. The number of benzene rings is 3. The quantitative estimate of drug-likeness (QED) is 0.436. The van der Waals surface area contributed by atoms with E-state index in [2.05, 4.69) is 65.6 Å². The van der Waals surface area contributed by atoms with Gasteiger partial charge in [-0.2, -0.15) is 0 Å². The minimum Gasteiger partial charge on any atom is -0.463 e. The molecule has 3 aromatic rings. The van der Waals surface area contributed by atoms with E-state index in [0.717, 1.165) is 18.7 Å². The van der Waals surface area contributed by atoms with Gasteiger partial charge in [-0.15, -0.1) is 0 Å². The summed E-state index contributed by atoms with van der Waals surface area (Å²) < 4.78 is 5.49. The molecule has 3 nitrogen and oxygen atoms in total. The number of carbonyl (C=O) groups is 1. The molecular formula is C26H29NO2. The highest BCUT2D eigenvalue weighted by Crippen LogP contribution is 2.29. The van der Waals surface area contributed by atoms with E-state index < -0.39 is 0 Å². The molecule has 3 aromatic carbocycles. The molecule has 0 fully saturated rings. The second-order valence-electron chi connectivity index (χ2n) is 7.55. The third-order valence-electron chi connectivity index (χ3n) is 4.81. The Labute approximate surface area is 174 Å². The Hall–Kier alpha value is -2.91. The number of nitrogens with zero attached hydrogens (tertiary/aromatic N) is 1. The molecular weight excluding hydrogens is 358 g/mol. The van der Waals surface area contributed by atoms with Crippen molar-refractivity contribution in [2.45, 2.75) is 45.5 Å². The van der Waals surface area contributed by atoms with Crippen LogP contribution in [-0.4, -0.2) is 17.0 Å². The van der Waals surface area contributed by atoms with E-state index in [1.807, 2.05) is 44.2 Å². The van der Waals surface area contributed by atoms with Crippen LogP contribution in [0.15, 0.2) is 91.0 Å². The molecule has 0 aliphatic carbocycles. The van der Waals surface area contributed by atoms with E-state index in [1.165, 1.54) is 11.1 Å². The van der Waals surface area contributed by atoms with Crippen LogP contribution in [0.2, 0.25) is 0 Å². The van der Waals surface area contributed by atoms with Crippen LogP contribution in [0.3, 0.4) is 0 Å². The number of hydrogen-bond acceptors (Lipinski definition) is 3. The highest BCUT2D eigenvalue weighted by Gasteiger charge is 2.25. The third-order valence-corrected chi connectivity index (χ3v) is 4.81. The molecule has 1 atom stereocenters. The van der Waals surface area contributed by atoms with Crippen LogP contribution in [0, 0.1) is 0 Å². The number of rotatable bonds is 9. The molecule has 0 radical (unpaired) electrons. The lowest BCUT2D eigenvalue weighted by Crippen LogP contribution is -2.31. The maximum atomic E-state index is 12.6. The van der Waals surface area contributed by atoms with Gasteiger partial charge in [-0.1, -0.05) is 91.0 Å². The molecule has 0 N–H and O–H groups in total. The van der Waals surface area contributed by atoms with Gasteiger partial charge in [-0.3, -0.25) is 9.69 Å². The maximum Gasteiger partial charge on any atom is 0.307 e. The first-order valence-corrected chi connectivity index (χ1v) is 10.2. The SMILES string of the molecule is CC(C)OC(=O)CC(c1ccccc1)N(Cc1ccccc1)Cc1ccccc1. The van der Waals surface area contributed by atoms with Gasteiger partial charge in [0, 0.05) is 19.1 Å². The second kappa shape index (κ2) is 10.6. The fourth-order valence-electron chi connectivity index (χ4n) is 3.51.